The number of hydrogen-bond acceptors (Lipinski definition) is 4. The van der Waals surface area contributed by atoms with E-state index in [1.807, 2.05) is 12.1 Å². The molecule has 0 spiro atoms. The Labute approximate surface area is 110 Å². The Morgan fingerprint density at radius 2 is 2.11 bits per heavy atom. The Hall–Kier alpha value is -0.970. The number of aromatic nitrogens is 1. The van der Waals surface area contributed by atoms with Gasteiger partial charge in [-0.15, -0.1) is 0 Å². The van der Waals surface area contributed by atoms with Gasteiger partial charge >= 0.3 is 0 Å². The van der Waals surface area contributed by atoms with E-state index in [0.29, 0.717) is 19.1 Å². The Bertz CT molecular complexity index is 342. The van der Waals surface area contributed by atoms with E-state index < -0.39 is 0 Å². The van der Waals surface area contributed by atoms with Crippen LogP contribution in [0.1, 0.15) is 31.2 Å². The maximum absolute atomic E-state index is 9.05. The lowest BCUT2D eigenvalue weighted by atomic mass is 10.1. The number of methoxy groups -OCH3 is 1. The predicted octanol–water partition coefficient (Wildman–Crippen LogP) is 1.65. The maximum atomic E-state index is 9.05. The van der Waals surface area contributed by atoms with E-state index in [1.165, 1.54) is 0 Å². The number of pyridine rings is 1. The van der Waals surface area contributed by atoms with Gasteiger partial charge in [-0.25, -0.2) is 0 Å². The van der Waals surface area contributed by atoms with Gasteiger partial charge < -0.3 is 9.84 Å². The molecular weight excluding hydrogens is 228 g/mol. The summed E-state index contributed by atoms with van der Waals surface area (Å²) < 4.78 is 5.07. The molecule has 1 aromatic rings. The van der Waals surface area contributed by atoms with Crippen molar-refractivity contribution in [2.24, 2.45) is 0 Å². The van der Waals surface area contributed by atoms with E-state index in [1.54, 1.807) is 7.11 Å². The summed E-state index contributed by atoms with van der Waals surface area (Å²) >= 11 is 0. The zero-order valence-corrected chi connectivity index (χ0v) is 11.6. The van der Waals surface area contributed by atoms with E-state index in [-0.39, 0.29) is 6.61 Å². The van der Waals surface area contributed by atoms with Crippen molar-refractivity contribution in [1.82, 2.24) is 9.88 Å². The minimum Gasteiger partial charge on any atom is -0.395 e. The molecule has 0 radical (unpaired) electrons. The van der Waals surface area contributed by atoms with Crippen molar-refractivity contribution in [3.63, 3.8) is 0 Å². The van der Waals surface area contributed by atoms with Gasteiger partial charge in [0, 0.05) is 32.4 Å². The molecule has 0 aliphatic heterocycles. The van der Waals surface area contributed by atoms with Gasteiger partial charge in [-0.2, -0.15) is 0 Å². The quantitative estimate of drug-likeness (QED) is 0.764. The third-order valence-corrected chi connectivity index (χ3v) is 2.83. The van der Waals surface area contributed by atoms with Crippen LogP contribution in [0.2, 0.25) is 0 Å². The normalized spacial score (nSPS) is 11.4. The second-order valence-electron chi connectivity index (χ2n) is 4.70. The number of ether oxygens (including phenoxy) is 1. The average Bonchev–Trinajstić information content (AvgIpc) is 2.36. The second-order valence-corrected chi connectivity index (χ2v) is 4.70. The van der Waals surface area contributed by atoms with Crippen molar-refractivity contribution in [3.8, 4) is 0 Å². The highest BCUT2D eigenvalue weighted by atomic mass is 16.5. The third kappa shape index (κ3) is 5.12. The molecule has 4 nitrogen and oxygen atoms in total. The van der Waals surface area contributed by atoms with Crippen LogP contribution >= 0.6 is 0 Å². The molecular formula is C14H24N2O2. The van der Waals surface area contributed by atoms with E-state index in [2.05, 4.69) is 29.8 Å². The molecule has 0 aliphatic rings. The summed E-state index contributed by atoms with van der Waals surface area (Å²) in [5, 5.41) is 9.05. The van der Waals surface area contributed by atoms with E-state index >= 15 is 0 Å². The summed E-state index contributed by atoms with van der Waals surface area (Å²) in [4.78, 5) is 6.79. The van der Waals surface area contributed by atoms with Gasteiger partial charge in [0.1, 0.15) is 0 Å². The number of hydrogen-bond donors (Lipinski definition) is 1. The summed E-state index contributed by atoms with van der Waals surface area (Å²) in [5.74, 6) is 0.440. The fourth-order valence-corrected chi connectivity index (χ4v) is 1.77. The highest BCUT2D eigenvalue weighted by Gasteiger charge is 2.08. The molecule has 0 aromatic carbocycles. The number of nitrogens with zero attached hydrogens (tertiary/aromatic N) is 2. The smallest absolute Gasteiger partial charge is 0.0589 e. The monoisotopic (exact) mass is 252 g/mol. The number of aliphatic hydroxyl groups is 1. The van der Waals surface area contributed by atoms with E-state index in [0.717, 1.165) is 24.5 Å². The molecule has 0 unspecified atom stereocenters. The molecule has 4 heteroatoms. The summed E-state index contributed by atoms with van der Waals surface area (Å²) in [6, 6.07) is 6.13. The van der Waals surface area contributed by atoms with Gasteiger partial charge in [-0.1, -0.05) is 19.9 Å². The van der Waals surface area contributed by atoms with Gasteiger partial charge in [0.2, 0.25) is 0 Å². The number of aliphatic hydroxyl groups excluding tert-OH is 1. The van der Waals surface area contributed by atoms with Crippen LogP contribution in [0.25, 0.3) is 0 Å². The fraction of sp³-hybridized carbons (Fsp3) is 0.643. The molecule has 0 saturated carbocycles. The SMILES string of the molecule is COCCN(CCO)Cc1cccc(C(C)C)n1. The van der Waals surface area contributed by atoms with Gasteiger partial charge in [0.25, 0.3) is 0 Å². The molecule has 0 fully saturated rings. The minimum absolute atomic E-state index is 0.160. The topological polar surface area (TPSA) is 45.6 Å². The Morgan fingerprint density at radius 1 is 1.33 bits per heavy atom. The van der Waals surface area contributed by atoms with Gasteiger partial charge in [0.05, 0.1) is 18.9 Å². The lowest BCUT2D eigenvalue weighted by Crippen LogP contribution is -2.30. The minimum atomic E-state index is 0.160. The zero-order chi connectivity index (χ0) is 13.4. The standard InChI is InChI=1S/C14H24N2O2/c1-12(2)14-6-4-5-13(15-14)11-16(7-9-17)8-10-18-3/h4-6,12,17H,7-11H2,1-3H3. The lowest BCUT2D eigenvalue weighted by Gasteiger charge is -2.20. The first-order chi connectivity index (χ1) is 8.67. The van der Waals surface area contributed by atoms with Crippen molar-refractivity contribution in [2.45, 2.75) is 26.3 Å². The molecule has 1 aromatic heterocycles. The Morgan fingerprint density at radius 3 is 2.72 bits per heavy atom. The number of rotatable bonds is 8. The van der Waals surface area contributed by atoms with Crippen LogP contribution in [0.3, 0.4) is 0 Å². The molecule has 102 valence electrons. The predicted molar refractivity (Wildman–Crippen MR) is 72.6 cm³/mol. The first kappa shape index (κ1) is 15.1. The van der Waals surface area contributed by atoms with Gasteiger partial charge in [0.15, 0.2) is 0 Å². The molecule has 0 aliphatic carbocycles. The molecule has 0 bridgehead atoms. The molecule has 18 heavy (non-hydrogen) atoms. The van der Waals surface area contributed by atoms with Crippen LogP contribution in [0.4, 0.5) is 0 Å². The van der Waals surface area contributed by atoms with E-state index in [4.69, 9.17) is 9.84 Å². The van der Waals surface area contributed by atoms with Crippen LogP contribution in [0, 0.1) is 0 Å². The lowest BCUT2D eigenvalue weighted by molar-refractivity contribution is 0.126. The van der Waals surface area contributed by atoms with Crippen molar-refractivity contribution >= 4 is 0 Å². The largest absolute Gasteiger partial charge is 0.395 e. The molecule has 1 N–H and O–H groups in total. The summed E-state index contributed by atoms with van der Waals surface area (Å²) in [6.45, 7) is 7.33. The van der Waals surface area contributed by atoms with Crippen LogP contribution in [-0.2, 0) is 11.3 Å². The van der Waals surface area contributed by atoms with Gasteiger partial charge in [-0.3, -0.25) is 9.88 Å². The second kappa shape index (κ2) is 8.19. The summed E-state index contributed by atoms with van der Waals surface area (Å²) in [5.41, 5.74) is 2.16. The van der Waals surface area contributed by atoms with Crippen LogP contribution in [0.15, 0.2) is 18.2 Å². The molecule has 1 rings (SSSR count). The highest BCUT2D eigenvalue weighted by molar-refractivity contribution is 5.13. The van der Waals surface area contributed by atoms with Crippen molar-refractivity contribution in [2.75, 3.05) is 33.4 Å². The third-order valence-electron chi connectivity index (χ3n) is 2.83. The first-order valence-electron chi connectivity index (χ1n) is 6.45. The van der Waals surface area contributed by atoms with Crippen molar-refractivity contribution < 1.29 is 9.84 Å². The fourth-order valence-electron chi connectivity index (χ4n) is 1.77. The van der Waals surface area contributed by atoms with Gasteiger partial charge in [-0.05, 0) is 18.1 Å². The Balaban J connectivity index is 2.64. The van der Waals surface area contributed by atoms with Crippen LogP contribution in [-0.4, -0.2) is 48.4 Å². The summed E-state index contributed by atoms with van der Waals surface area (Å²) in [7, 11) is 1.69. The summed E-state index contributed by atoms with van der Waals surface area (Å²) in [6.07, 6.45) is 0. The van der Waals surface area contributed by atoms with Crippen molar-refractivity contribution in [1.29, 1.82) is 0 Å². The van der Waals surface area contributed by atoms with E-state index in [9.17, 15) is 0 Å². The van der Waals surface area contributed by atoms with Crippen LogP contribution < -0.4 is 0 Å². The maximum Gasteiger partial charge on any atom is 0.0589 e. The molecule has 0 saturated heterocycles. The highest BCUT2D eigenvalue weighted by Crippen LogP contribution is 2.12. The molecule has 1 heterocycles. The zero-order valence-electron chi connectivity index (χ0n) is 11.6. The molecule has 0 atom stereocenters. The van der Waals surface area contributed by atoms with Crippen LogP contribution in [0.5, 0.6) is 0 Å². The van der Waals surface area contributed by atoms with Crippen molar-refractivity contribution in [3.05, 3.63) is 29.6 Å². The molecule has 0 amide bonds. The average molecular weight is 252 g/mol. The first-order valence-corrected chi connectivity index (χ1v) is 6.45. The Kier molecular flexibility index (Phi) is 6.86.